The standard InChI is InChI=1S/C14H22N2O/c1-9-5-10(2)13(14(17-4)11(9)3)16-8-12-6-15-7-12/h5,12,15-16H,6-8H2,1-4H3. The Hall–Kier alpha value is -1.22. The van der Waals surface area contributed by atoms with E-state index in [-0.39, 0.29) is 0 Å². The Morgan fingerprint density at radius 2 is 2.00 bits per heavy atom. The Morgan fingerprint density at radius 1 is 1.29 bits per heavy atom. The van der Waals surface area contributed by atoms with Crippen LogP contribution >= 0.6 is 0 Å². The van der Waals surface area contributed by atoms with Crippen LogP contribution in [-0.2, 0) is 0 Å². The Balaban J connectivity index is 2.21. The molecule has 0 atom stereocenters. The zero-order valence-electron chi connectivity index (χ0n) is 11.2. The van der Waals surface area contributed by atoms with Gasteiger partial charge < -0.3 is 15.4 Å². The summed E-state index contributed by atoms with van der Waals surface area (Å²) >= 11 is 0. The summed E-state index contributed by atoms with van der Waals surface area (Å²) in [5, 5.41) is 6.83. The number of methoxy groups -OCH3 is 1. The van der Waals surface area contributed by atoms with Crippen LogP contribution in [0.4, 0.5) is 5.69 Å². The molecule has 0 amide bonds. The molecule has 1 aromatic rings. The fourth-order valence-corrected chi connectivity index (χ4v) is 2.26. The van der Waals surface area contributed by atoms with Gasteiger partial charge in [0.25, 0.3) is 0 Å². The number of anilines is 1. The van der Waals surface area contributed by atoms with Crippen LogP contribution in [0.25, 0.3) is 0 Å². The lowest BCUT2D eigenvalue weighted by Crippen LogP contribution is -2.45. The van der Waals surface area contributed by atoms with Gasteiger partial charge in [0, 0.05) is 25.6 Å². The van der Waals surface area contributed by atoms with Gasteiger partial charge in [0.15, 0.2) is 0 Å². The van der Waals surface area contributed by atoms with Crippen LogP contribution < -0.4 is 15.4 Å². The normalized spacial score (nSPS) is 15.5. The Kier molecular flexibility index (Phi) is 3.57. The highest BCUT2D eigenvalue weighted by atomic mass is 16.5. The van der Waals surface area contributed by atoms with E-state index in [2.05, 4.69) is 37.5 Å². The van der Waals surface area contributed by atoms with Crippen LogP contribution in [0.5, 0.6) is 5.75 Å². The van der Waals surface area contributed by atoms with Gasteiger partial charge in [0.1, 0.15) is 5.75 Å². The lowest BCUT2D eigenvalue weighted by molar-refractivity contribution is 0.364. The summed E-state index contributed by atoms with van der Waals surface area (Å²) in [7, 11) is 1.75. The number of aryl methyl sites for hydroxylation is 2. The summed E-state index contributed by atoms with van der Waals surface area (Å²) in [6, 6.07) is 2.22. The number of rotatable bonds is 4. The van der Waals surface area contributed by atoms with Crippen LogP contribution in [0, 0.1) is 26.7 Å². The first kappa shape index (κ1) is 12.2. The summed E-state index contributed by atoms with van der Waals surface area (Å²) in [5.74, 6) is 1.75. The zero-order valence-corrected chi connectivity index (χ0v) is 11.2. The summed E-state index contributed by atoms with van der Waals surface area (Å²) in [6.07, 6.45) is 0. The number of ether oxygens (including phenoxy) is 1. The summed E-state index contributed by atoms with van der Waals surface area (Å²) < 4.78 is 5.54. The molecular formula is C14H22N2O. The van der Waals surface area contributed by atoms with Crippen LogP contribution in [0.1, 0.15) is 16.7 Å². The Labute approximate surface area is 104 Å². The molecule has 17 heavy (non-hydrogen) atoms. The quantitative estimate of drug-likeness (QED) is 0.838. The highest BCUT2D eigenvalue weighted by Crippen LogP contribution is 2.34. The maximum Gasteiger partial charge on any atom is 0.145 e. The van der Waals surface area contributed by atoms with E-state index in [1.165, 1.54) is 16.7 Å². The predicted molar refractivity (Wildman–Crippen MR) is 72.1 cm³/mol. The van der Waals surface area contributed by atoms with Crippen LogP contribution in [-0.4, -0.2) is 26.7 Å². The van der Waals surface area contributed by atoms with E-state index >= 15 is 0 Å². The SMILES string of the molecule is COc1c(C)c(C)cc(C)c1NCC1CNC1. The third-order valence-corrected chi connectivity index (χ3v) is 3.62. The number of hydrogen-bond acceptors (Lipinski definition) is 3. The molecule has 1 aliphatic heterocycles. The van der Waals surface area contributed by atoms with E-state index < -0.39 is 0 Å². The smallest absolute Gasteiger partial charge is 0.145 e. The second-order valence-electron chi connectivity index (χ2n) is 4.95. The first-order valence-electron chi connectivity index (χ1n) is 6.23. The minimum atomic E-state index is 0.751. The van der Waals surface area contributed by atoms with Gasteiger partial charge in [-0.05, 0) is 37.5 Å². The lowest BCUT2D eigenvalue weighted by atomic mass is 10.0. The van der Waals surface area contributed by atoms with Gasteiger partial charge in [-0.25, -0.2) is 0 Å². The second-order valence-corrected chi connectivity index (χ2v) is 4.95. The van der Waals surface area contributed by atoms with Crippen LogP contribution in [0.3, 0.4) is 0 Å². The van der Waals surface area contributed by atoms with E-state index in [4.69, 9.17) is 4.74 Å². The van der Waals surface area contributed by atoms with Crippen molar-refractivity contribution in [3.8, 4) is 5.75 Å². The highest BCUT2D eigenvalue weighted by Gasteiger charge is 2.18. The van der Waals surface area contributed by atoms with Crippen molar-refractivity contribution >= 4 is 5.69 Å². The molecule has 0 radical (unpaired) electrons. The van der Waals surface area contributed by atoms with Crippen molar-refractivity contribution in [2.45, 2.75) is 20.8 Å². The van der Waals surface area contributed by atoms with Crippen molar-refractivity contribution in [3.05, 3.63) is 22.8 Å². The number of benzene rings is 1. The van der Waals surface area contributed by atoms with Crippen molar-refractivity contribution in [2.24, 2.45) is 5.92 Å². The molecule has 3 nitrogen and oxygen atoms in total. The molecule has 1 saturated heterocycles. The topological polar surface area (TPSA) is 33.3 Å². The van der Waals surface area contributed by atoms with Crippen molar-refractivity contribution < 1.29 is 4.74 Å². The van der Waals surface area contributed by atoms with E-state index in [0.717, 1.165) is 37.0 Å². The lowest BCUT2D eigenvalue weighted by Gasteiger charge is -2.28. The predicted octanol–water partition coefficient (Wildman–Crippen LogP) is 2.25. The third kappa shape index (κ3) is 2.39. The molecule has 94 valence electrons. The minimum Gasteiger partial charge on any atom is -0.494 e. The van der Waals surface area contributed by atoms with Gasteiger partial charge in [-0.2, -0.15) is 0 Å². The molecular weight excluding hydrogens is 212 g/mol. The Morgan fingerprint density at radius 3 is 2.53 bits per heavy atom. The maximum absolute atomic E-state index is 5.54. The summed E-state index contributed by atoms with van der Waals surface area (Å²) in [5.41, 5.74) is 4.93. The molecule has 2 N–H and O–H groups in total. The van der Waals surface area contributed by atoms with E-state index in [1.807, 2.05) is 0 Å². The fourth-order valence-electron chi connectivity index (χ4n) is 2.26. The van der Waals surface area contributed by atoms with Gasteiger partial charge in [0.2, 0.25) is 0 Å². The first-order valence-corrected chi connectivity index (χ1v) is 6.23. The van der Waals surface area contributed by atoms with Crippen molar-refractivity contribution in [1.29, 1.82) is 0 Å². The first-order chi connectivity index (χ1) is 8.13. The molecule has 1 aliphatic rings. The molecule has 1 aromatic carbocycles. The molecule has 1 heterocycles. The van der Waals surface area contributed by atoms with Crippen molar-refractivity contribution in [3.63, 3.8) is 0 Å². The van der Waals surface area contributed by atoms with Crippen LogP contribution in [0.2, 0.25) is 0 Å². The van der Waals surface area contributed by atoms with Crippen LogP contribution in [0.15, 0.2) is 6.07 Å². The van der Waals surface area contributed by atoms with E-state index in [1.54, 1.807) is 7.11 Å². The molecule has 0 spiro atoms. The molecule has 1 fully saturated rings. The average molecular weight is 234 g/mol. The fraction of sp³-hybridized carbons (Fsp3) is 0.571. The maximum atomic E-state index is 5.54. The van der Waals surface area contributed by atoms with Gasteiger partial charge in [-0.15, -0.1) is 0 Å². The summed E-state index contributed by atoms with van der Waals surface area (Å²) in [6.45, 7) is 9.65. The molecule has 0 aromatic heterocycles. The number of hydrogen-bond donors (Lipinski definition) is 2. The summed E-state index contributed by atoms with van der Waals surface area (Å²) in [4.78, 5) is 0. The molecule has 0 bridgehead atoms. The minimum absolute atomic E-state index is 0.751. The van der Waals surface area contributed by atoms with E-state index in [0.29, 0.717) is 0 Å². The highest BCUT2D eigenvalue weighted by molar-refractivity contribution is 5.66. The molecule has 0 unspecified atom stereocenters. The average Bonchev–Trinajstić information content (AvgIpc) is 2.23. The monoisotopic (exact) mass is 234 g/mol. The number of nitrogens with one attached hydrogen (secondary N) is 2. The molecule has 3 heteroatoms. The van der Waals surface area contributed by atoms with Gasteiger partial charge in [-0.3, -0.25) is 0 Å². The van der Waals surface area contributed by atoms with Gasteiger partial charge in [0.05, 0.1) is 12.8 Å². The van der Waals surface area contributed by atoms with Gasteiger partial charge >= 0.3 is 0 Å². The molecule has 0 saturated carbocycles. The van der Waals surface area contributed by atoms with E-state index in [9.17, 15) is 0 Å². The Bertz CT molecular complexity index is 411. The third-order valence-electron chi connectivity index (χ3n) is 3.62. The van der Waals surface area contributed by atoms with Crippen molar-refractivity contribution in [1.82, 2.24) is 5.32 Å². The second kappa shape index (κ2) is 4.96. The van der Waals surface area contributed by atoms with Crippen molar-refractivity contribution in [2.75, 3.05) is 32.1 Å². The zero-order chi connectivity index (χ0) is 12.4. The van der Waals surface area contributed by atoms with Gasteiger partial charge in [-0.1, -0.05) is 6.07 Å². The largest absolute Gasteiger partial charge is 0.494 e. The molecule has 0 aliphatic carbocycles. The molecule has 2 rings (SSSR count).